The Morgan fingerprint density at radius 3 is 1.85 bits per heavy atom. The fourth-order valence-corrected chi connectivity index (χ4v) is 3.99. The molecule has 2 fully saturated rings. The molecule has 2 aliphatic carbocycles. The lowest BCUT2D eigenvalue weighted by atomic mass is 9.72. The van der Waals surface area contributed by atoms with E-state index in [4.69, 9.17) is 0 Å². The first-order valence-corrected chi connectivity index (χ1v) is 8.66. The number of carbonyl (C=O) groups excluding carboxylic acids is 1. The standard InChI is InChI=1S/C18H33NO/c1-12(2)14-6-8-15(9-7-14)18(20)19(5)17-10-16(11-17)13(3)4/h12-17H,6-11H2,1-5H3. The highest BCUT2D eigenvalue weighted by atomic mass is 16.2. The Kier molecular flexibility index (Phi) is 5.14. The van der Waals surface area contributed by atoms with Crippen molar-refractivity contribution >= 4 is 5.91 Å². The van der Waals surface area contributed by atoms with Crippen LogP contribution in [0.3, 0.4) is 0 Å². The summed E-state index contributed by atoms with van der Waals surface area (Å²) in [6.45, 7) is 9.24. The van der Waals surface area contributed by atoms with Crippen LogP contribution in [-0.4, -0.2) is 23.9 Å². The van der Waals surface area contributed by atoms with Crippen molar-refractivity contribution in [3.05, 3.63) is 0 Å². The average molecular weight is 279 g/mol. The molecule has 116 valence electrons. The van der Waals surface area contributed by atoms with Crippen molar-refractivity contribution in [3.8, 4) is 0 Å². The van der Waals surface area contributed by atoms with Gasteiger partial charge in [-0.15, -0.1) is 0 Å². The number of hydrogen-bond acceptors (Lipinski definition) is 1. The van der Waals surface area contributed by atoms with Gasteiger partial charge in [0.1, 0.15) is 0 Å². The molecule has 0 aromatic rings. The van der Waals surface area contributed by atoms with Crippen LogP contribution in [0.4, 0.5) is 0 Å². The molecule has 0 atom stereocenters. The lowest BCUT2D eigenvalue weighted by Gasteiger charge is -2.44. The largest absolute Gasteiger partial charge is 0.343 e. The third-order valence-corrected chi connectivity index (χ3v) is 6.05. The zero-order chi connectivity index (χ0) is 14.9. The topological polar surface area (TPSA) is 20.3 Å². The van der Waals surface area contributed by atoms with Gasteiger partial charge in [-0.05, 0) is 62.2 Å². The zero-order valence-electron chi connectivity index (χ0n) is 14.1. The maximum atomic E-state index is 12.6. The summed E-state index contributed by atoms with van der Waals surface area (Å²) in [5.41, 5.74) is 0. The van der Waals surface area contributed by atoms with Crippen molar-refractivity contribution in [1.29, 1.82) is 0 Å². The van der Waals surface area contributed by atoms with E-state index in [1.807, 2.05) is 7.05 Å². The van der Waals surface area contributed by atoms with Crippen LogP contribution in [0.2, 0.25) is 0 Å². The molecule has 0 saturated heterocycles. The summed E-state index contributed by atoms with van der Waals surface area (Å²) >= 11 is 0. The quantitative estimate of drug-likeness (QED) is 0.749. The molecule has 2 saturated carbocycles. The molecule has 0 radical (unpaired) electrons. The molecule has 0 heterocycles. The minimum atomic E-state index is 0.313. The third-order valence-electron chi connectivity index (χ3n) is 6.05. The van der Waals surface area contributed by atoms with E-state index in [1.165, 1.54) is 25.7 Å². The van der Waals surface area contributed by atoms with Crippen LogP contribution in [0.5, 0.6) is 0 Å². The maximum absolute atomic E-state index is 12.6. The Bertz CT molecular complexity index is 318. The van der Waals surface area contributed by atoms with Gasteiger partial charge in [-0.3, -0.25) is 4.79 Å². The van der Waals surface area contributed by atoms with Crippen molar-refractivity contribution in [2.24, 2.45) is 29.6 Å². The summed E-state index contributed by atoms with van der Waals surface area (Å²) in [5, 5.41) is 0. The normalized spacial score (nSPS) is 34.1. The predicted octanol–water partition coefficient (Wildman–Crippen LogP) is 4.34. The van der Waals surface area contributed by atoms with Gasteiger partial charge in [-0.1, -0.05) is 27.7 Å². The van der Waals surface area contributed by atoms with E-state index in [9.17, 15) is 4.79 Å². The molecule has 0 unspecified atom stereocenters. The van der Waals surface area contributed by atoms with Gasteiger partial charge in [0.15, 0.2) is 0 Å². The van der Waals surface area contributed by atoms with Gasteiger partial charge >= 0.3 is 0 Å². The van der Waals surface area contributed by atoms with E-state index in [2.05, 4.69) is 32.6 Å². The van der Waals surface area contributed by atoms with E-state index in [-0.39, 0.29) is 0 Å². The third kappa shape index (κ3) is 3.38. The Hall–Kier alpha value is -0.530. The van der Waals surface area contributed by atoms with Gasteiger partial charge in [-0.25, -0.2) is 0 Å². The minimum absolute atomic E-state index is 0.313. The molecule has 20 heavy (non-hydrogen) atoms. The lowest BCUT2D eigenvalue weighted by Crippen LogP contribution is -2.49. The summed E-state index contributed by atoms with van der Waals surface area (Å²) in [5.74, 6) is 3.98. The number of rotatable bonds is 4. The van der Waals surface area contributed by atoms with E-state index in [0.717, 1.165) is 36.5 Å². The second-order valence-corrected chi connectivity index (χ2v) is 7.93. The Morgan fingerprint density at radius 1 is 0.900 bits per heavy atom. The molecule has 2 rings (SSSR count). The smallest absolute Gasteiger partial charge is 0.225 e. The van der Waals surface area contributed by atoms with Crippen LogP contribution in [0.25, 0.3) is 0 Å². The van der Waals surface area contributed by atoms with Gasteiger partial charge in [0.2, 0.25) is 5.91 Å². The van der Waals surface area contributed by atoms with E-state index in [0.29, 0.717) is 17.9 Å². The summed E-state index contributed by atoms with van der Waals surface area (Å²) in [6, 6.07) is 0.526. The molecule has 2 heteroatoms. The molecule has 0 N–H and O–H groups in total. The van der Waals surface area contributed by atoms with Crippen LogP contribution in [0.1, 0.15) is 66.2 Å². The van der Waals surface area contributed by atoms with Crippen LogP contribution in [0.15, 0.2) is 0 Å². The van der Waals surface area contributed by atoms with Gasteiger partial charge in [0.05, 0.1) is 0 Å². The SMILES string of the molecule is CC(C)C1CCC(C(=O)N(C)C2CC(C(C)C)C2)CC1. The summed E-state index contributed by atoms with van der Waals surface area (Å²) in [4.78, 5) is 14.7. The molecule has 1 amide bonds. The molecule has 0 aromatic heterocycles. The van der Waals surface area contributed by atoms with E-state index < -0.39 is 0 Å². The zero-order valence-corrected chi connectivity index (χ0v) is 14.1. The molecular formula is C18H33NO. The Balaban J connectivity index is 1.78. The molecule has 0 aliphatic heterocycles. The summed E-state index contributed by atoms with van der Waals surface area (Å²) in [7, 11) is 2.04. The first kappa shape index (κ1) is 15.9. The van der Waals surface area contributed by atoms with E-state index >= 15 is 0 Å². The van der Waals surface area contributed by atoms with Crippen LogP contribution < -0.4 is 0 Å². The maximum Gasteiger partial charge on any atom is 0.225 e. The summed E-state index contributed by atoms with van der Waals surface area (Å²) in [6.07, 6.45) is 7.18. The fourth-order valence-electron chi connectivity index (χ4n) is 3.99. The first-order chi connectivity index (χ1) is 9.40. The molecular weight excluding hydrogens is 246 g/mol. The lowest BCUT2D eigenvalue weighted by molar-refractivity contribution is -0.140. The molecule has 0 spiro atoms. The second-order valence-electron chi connectivity index (χ2n) is 7.93. The number of hydrogen-bond donors (Lipinski definition) is 0. The summed E-state index contributed by atoms with van der Waals surface area (Å²) < 4.78 is 0. The highest BCUT2D eigenvalue weighted by Crippen LogP contribution is 2.39. The van der Waals surface area contributed by atoms with Gasteiger partial charge in [0.25, 0.3) is 0 Å². The second kappa shape index (κ2) is 6.49. The number of nitrogens with zero attached hydrogens (tertiary/aromatic N) is 1. The Labute approximate surface area is 125 Å². The van der Waals surface area contributed by atoms with Gasteiger partial charge in [0, 0.05) is 19.0 Å². The van der Waals surface area contributed by atoms with Crippen molar-refractivity contribution < 1.29 is 4.79 Å². The van der Waals surface area contributed by atoms with Gasteiger partial charge < -0.3 is 4.90 Å². The molecule has 2 nitrogen and oxygen atoms in total. The predicted molar refractivity (Wildman–Crippen MR) is 84.4 cm³/mol. The van der Waals surface area contributed by atoms with E-state index in [1.54, 1.807) is 0 Å². The van der Waals surface area contributed by atoms with Crippen LogP contribution >= 0.6 is 0 Å². The highest BCUT2D eigenvalue weighted by Gasteiger charge is 2.38. The highest BCUT2D eigenvalue weighted by molar-refractivity contribution is 5.79. The monoisotopic (exact) mass is 279 g/mol. The Morgan fingerprint density at radius 2 is 1.40 bits per heavy atom. The van der Waals surface area contributed by atoms with Crippen molar-refractivity contribution in [2.75, 3.05) is 7.05 Å². The molecule has 0 bridgehead atoms. The first-order valence-electron chi connectivity index (χ1n) is 8.66. The molecule has 0 aromatic carbocycles. The number of amides is 1. The van der Waals surface area contributed by atoms with Gasteiger partial charge in [-0.2, -0.15) is 0 Å². The average Bonchev–Trinajstić information content (AvgIpc) is 2.35. The van der Waals surface area contributed by atoms with Crippen molar-refractivity contribution in [2.45, 2.75) is 72.3 Å². The van der Waals surface area contributed by atoms with Crippen molar-refractivity contribution in [3.63, 3.8) is 0 Å². The number of carbonyl (C=O) groups is 1. The molecule has 2 aliphatic rings. The van der Waals surface area contributed by atoms with Crippen LogP contribution in [0, 0.1) is 29.6 Å². The van der Waals surface area contributed by atoms with Crippen LogP contribution in [-0.2, 0) is 4.79 Å². The minimum Gasteiger partial charge on any atom is -0.343 e. The van der Waals surface area contributed by atoms with Crippen molar-refractivity contribution in [1.82, 2.24) is 4.90 Å². The fraction of sp³-hybridized carbons (Fsp3) is 0.944.